The third-order valence-electron chi connectivity index (χ3n) is 3.78. The van der Waals surface area contributed by atoms with Crippen LogP contribution in [0.15, 0.2) is 23.0 Å². The Bertz CT molecular complexity index is 822. The normalized spacial score (nSPS) is 11.0. The summed E-state index contributed by atoms with van der Waals surface area (Å²) in [5.41, 5.74) is 2.26. The molecule has 0 amide bonds. The van der Waals surface area contributed by atoms with Gasteiger partial charge < -0.3 is 14.6 Å². The van der Waals surface area contributed by atoms with Crippen LogP contribution in [0.3, 0.4) is 0 Å². The minimum atomic E-state index is -0.0974. The van der Waals surface area contributed by atoms with Crippen LogP contribution in [-0.2, 0) is 14.1 Å². The highest BCUT2D eigenvalue weighted by Crippen LogP contribution is 2.37. The maximum absolute atomic E-state index is 12.1. The molecule has 0 aliphatic heterocycles. The molecule has 0 spiro atoms. The fourth-order valence-electron chi connectivity index (χ4n) is 2.30. The van der Waals surface area contributed by atoms with Gasteiger partial charge in [-0.2, -0.15) is 13.9 Å². The minimum Gasteiger partial charge on any atom is -0.504 e. The molecule has 23 heavy (non-hydrogen) atoms. The van der Waals surface area contributed by atoms with E-state index in [2.05, 4.69) is 0 Å². The Balaban J connectivity index is 2.46. The first kappa shape index (κ1) is 16.6. The molecular weight excluding hydrogens is 296 g/mol. The molecule has 0 aliphatic carbocycles. The lowest BCUT2D eigenvalue weighted by Gasteiger charge is -2.10. The van der Waals surface area contributed by atoms with Gasteiger partial charge in [-0.3, -0.25) is 0 Å². The highest BCUT2D eigenvalue weighted by Gasteiger charge is 2.13. The van der Waals surface area contributed by atoms with Crippen molar-refractivity contribution < 1.29 is 19.1 Å². The van der Waals surface area contributed by atoms with Crippen LogP contribution in [0, 0.1) is 6.92 Å². The number of aromatic nitrogens is 2. The number of rotatable bonds is 4. The predicted octanol–water partition coefficient (Wildman–Crippen LogP) is 1.41. The van der Waals surface area contributed by atoms with E-state index in [1.165, 1.54) is 14.2 Å². The van der Waals surface area contributed by atoms with Gasteiger partial charge in [0.1, 0.15) is 11.4 Å². The summed E-state index contributed by atoms with van der Waals surface area (Å²) < 4.78 is 13.5. The Kier molecular flexibility index (Phi) is 4.74. The zero-order valence-electron chi connectivity index (χ0n) is 14.0. The van der Waals surface area contributed by atoms with Gasteiger partial charge >= 0.3 is 5.69 Å². The Morgan fingerprint density at radius 1 is 1.17 bits per heavy atom. The largest absolute Gasteiger partial charge is 0.504 e. The predicted molar refractivity (Wildman–Crippen MR) is 87.7 cm³/mol. The molecule has 0 fully saturated rings. The van der Waals surface area contributed by atoms with Gasteiger partial charge in [0.05, 0.1) is 28.3 Å². The number of phenols is 1. The average molecular weight is 317 g/mol. The van der Waals surface area contributed by atoms with E-state index >= 15 is 0 Å². The molecule has 1 aromatic heterocycles. The van der Waals surface area contributed by atoms with E-state index in [0.717, 1.165) is 17.0 Å². The van der Waals surface area contributed by atoms with E-state index in [4.69, 9.17) is 9.47 Å². The van der Waals surface area contributed by atoms with Crippen molar-refractivity contribution in [2.75, 3.05) is 14.2 Å². The minimum absolute atomic E-state index is 0.00367. The van der Waals surface area contributed by atoms with Gasteiger partial charge in [0.2, 0.25) is 5.75 Å². The Hall–Kier alpha value is -2.76. The highest BCUT2D eigenvalue weighted by atomic mass is 16.5. The van der Waals surface area contributed by atoms with Crippen molar-refractivity contribution in [3.63, 3.8) is 0 Å². The lowest BCUT2D eigenvalue weighted by Crippen LogP contribution is -2.53. The first-order valence-corrected chi connectivity index (χ1v) is 7.08. The molecule has 0 saturated heterocycles. The maximum Gasteiger partial charge on any atom is 0.498 e. The summed E-state index contributed by atoms with van der Waals surface area (Å²) in [5, 5.41) is 9.98. The average Bonchev–Trinajstić information content (AvgIpc) is 2.54. The summed E-state index contributed by atoms with van der Waals surface area (Å²) in [6, 6.07) is 5.24. The number of ether oxygens (including phenoxy) is 2. The standard InChI is InChI=1S/C17H20N2O4/c1-11-8-13(19(3)17(21)18(11)2)7-6-12-9-14(20)16(23-5)15(10-12)22-4/h6-10H,1-5H3/p+1. The molecular formula is C17H21N2O4+. The van der Waals surface area contributed by atoms with Crippen molar-refractivity contribution in [1.82, 2.24) is 4.57 Å². The Morgan fingerprint density at radius 3 is 2.48 bits per heavy atom. The van der Waals surface area contributed by atoms with Crippen LogP contribution in [0.5, 0.6) is 17.2 Å². The zero-order chi connectivity index (χ0) is 17.1. The number of benzene rings is 1. The van der Waals surface area contributed by atoms with E-state index in [1.807, 2.05) is 19.1 Å². The maximum atomic E-state index is 12.1. The number of aryl methyl sites for hydroxylation is 1. The number of hydrogen-bond acceptors (Lipinski definition) is 4. The molecule has 1 heterocycles. The SMILES string of the molecule is COc1cc(C=Cc2cc(C)n(C)c(=O)[n+]2C)cc(O)c1OC. The molecule has 122 valence electrons. The van der Waals surface area contributed by atoms with Crippen molar-refractivity contribution >= 4 is 12.2 Å². The van der Waals surface area contributed by atoms with Gasteiger partial charge in [-0.25, -0.2) is 0 Å². The number of phenolic OH excluding ortho intramolecular Hbond substituents is 1. The zero-order valence-corrected chi connectivity index (χ0v) is 14.0. The van der Waals surface area contributed by atoms with E-state index in [1.54, 1.807) is 41.4 Å². The second kappa shape index (κ2) is 6.56. The third-order valence-corrected chi connectivity index (χ3v) is 3.78. The fourth-order valence-corrected chi connectivity index (χ4v) is 2.30. The molecule has 0 unspecified atom stereocenters. The van der Waals surface area contributed by atoms with Crippen LogP contribution < -0.4 is 19.7 Å². The quantitative estimate of drug-likeness (QED) is 0.866. The summed E-state index contributed by atoms with van der Waals surface area (Å²) in [4.78, 5) is 12.1. The second-order valence-electron chi connectivity index (χ2n) is 5.22. The van der Waals surface area contributed by atoms with Crippen LogP contribution in [0.4, 0.5) is 0 Å². The van der Waals surface area contributed by atoms with Crippen LogP contribution in [0.2, 0.25) is 0 Å². The Morgan fingerprint density at radius 2 is 1.87 bits per heavy atom. The second-order valence-corrected chi connectivity index (χ2v) is 5.22. The van der Waals surface area contributed by atoms with Crippen LogP contribution >= 0.6 is 0 Å². The lowest BCUT2D eigenvalue weighted by atomic mass is 10.1. The summed E-state index contributed by atoms with van der Waals surface area (Å²) >= 11 is 0. The summed E-state index contributed by atoms with van der Waals surface area (Å²) in [6.45, 7) is 1.88. The Labute approximate surface area is 134 Å². The summed E-state index contributed by atoms with van der Waals surface area (Å²) in [6.07, 6.45) is 3.62. The van der Waals surface area contributed by atoms with Crippen molar-refractivity contribution in [3.05, 3.63) is 45.6 Å². The molecule has 6 nitrogen and oxygen atoms in total. The molecule has 2 rings (SSSR count). The molecule has 0 radical (unpaired) electrons. The highest BCUT2D eigenvalue weighted by molar-refractivity contribution is 5.70. The smallest absolute Gasteiger partial charge is 0.498 e. The van der Waals surface area contributed by atoms with Crippen molar-refractivity contribution in [2.24, 2.45) is 14.1 Å². The van der Waals surface area contributed by atoms with Crippen LogP contribution in [0.25, 0.3) is 12.2 Å². The molecule has 0 bridgehead atoms. The molecule has 0 aliphatic rings. The first-order chi connectivity index (χ1) is 10.9. The van der Waals surface area contributed by atoms with Gasteiger partial charge in [0.15, 0.2) is 11.5 Å². The van der Waals surface area contributed by atoms with Gasteiger partial charge in [0, 0.05) is 6.07 Å². The third kappa shape index (κ3) is 3.21. The van der Waals surface area contributed by atoms with Crippen LogP contribution in [0.1, 0.15) is 17.0 Å². The fraction of sp³-hybridized carbons (Fsp3) is 0.294. The number of hydrogen-bond donors (Lipinski definition) is 1. The molecule has 6 heteroatoms. The molecule has 2 aromatic rings. The van der Waals surface area contributed by atoms with Crippen molar-refractivity contribution in [3.8, 4) is 17.2 Å². The van der Waals surface area contributed by atoms with Gasteiger partial charge in [-0.05, 0) is 30.7 Å². The summed E-state index contributed by atoms with van der Waals surface area (Å²) in [7, 11) is 6.43. The monoisotopic (exact) mass is 317 g/mol. The van der Waals surface area contributed by atoms with E-state index in [0.29, 0.717) is 11.5 Å². The van der Waals surface area contributed by atoms with Crippen molar-refractivity contribution in [1.29, 1.82) is 0 Å². The number of nitrogens with zero attached hydrogens (tertiary/aromatic N) is 2. The van der Waals surface area contributed by atoms with Gasteiger partial charge in [0.25, 0.3) is 0 Å². The number of aromatic hydroxyl groups is 1. The summed E-state index contributed by atoms with van der Waals surface area (Å²) in [5.74, 6) is 0.729. The van der Waals surface area contributed by atoms with E-state index in [9.17, 15) is 9.90 Å². The molecule has 1 N–H and O–H groups in total. The molecule has 0 atom stereocenters. The van der Waals surface area contributed by atoms with E-state index in [-0.39, 0.29) is 11.4 Å². The first-order valence-electron chi connectivity index (χ1n) is 7.08. The topological polar surface area (TPSA) is 64.6 Å². The molecule has 0 saturated carbocycles. The number of methoxy groups -OCH3 is 2. The van der Waals surface area contributed by atoms with Crippen molar-refractivity contribution in [2.45, 2.75) is 6.92 Å². The van der Waals surface area contributed by atoms with E-state index < -0.39 is 0 Å². The van der Waals surface area contributed by atoms with Gasteiger partial charge in [-0.15, -0.1) is 0 Å². The molecule has 1 aromatic carbocycles. The lowest BCUT2D eigenvalue weighted by molar-refractivity contribution is -0.692. The van der Waals surface area contributed by atoms with Gasteiger partial charge in [-0.1, -0.05) is 6.08 Å². The van der Waals surface area contributed by atoms with Crippen LogP contribution in [-0.4, -0.2) is 23.9 Å².